The highest BCUT2D eigenvalue weighted by Gasteiger charge is 2.21. The first kappa shape index (κ1) is 24.2. The molecule has 0 aliphatic carbocycles. The monoisotopic (exact) mass is 565 g/mol. The van der Waals surface area contributed by atoms with Crippen molar-refractivity contribution in [2.75, 3.05) is 0 Å². The lowest BCUT2D eigenvalue weighted by molar-refractivity contribution is 1.18. The lowest BCUT2D eigenvalue weighted by atomic mass is 9.93. The number of hydrogen-bond donors (Lipinski definition) is 0. The number of hydrogen-bond acceptors (Lipinski definition) is 4. The summed E-state index contributed by atoms with van der Waals surface area (Å²) in [4.78, 5) is 15.6. The Hall–Kier alpha value is -5.45. The molecule has 4 heteroatoms. The van der Waals surface area contributed by atoms with E-state index in [1.54, 1.807) is 0 Å². The lowest BCUT2D eigenvalue weighted by Crippen LogP contribution is -1.98. The molecule has 0 bridgehead atoms. The molecule has 3 nitrogen and oxygen atoms in total. The van der Waals surface area contributed by atoms with Crippen LogP contribution in [0.3, 0.4) is 0 Å². The van der Waals surface area contributed by atoms with E-state index in [2.05, 4.69) is 109 Å². The van der Waals surface area contributed by atoms with Gasteiger partial charge in [-0.2, -0.15) is 0 Å². The molecule has 200 valence electrons. The number of rotatable bonds is 3. The normalized spacial score (nSPS) is 11.7. The minimum Gasteiger partial charge on any atom is -0.245 e. The molecule has 0 saturated heterocycles. The summed E-state index contributed by atoms with van der Waals surface area (Å²) < 4.78 is 2.48. The van der Waals surface area contributed by atoms with E-state index >= 15 is 0 Å². The van der Waals surface area contributed by atoms with Gasteiger partial charge in [-0.25, -0.2) is 15.0 Å². The Labute approximate surface area is 251 Å². The first-order valence-corrected chi connectivity index (χ1v) is 15.2. The Kier molecular flexibility index (Phi) is 5.37. The van der Waals surface area contributed by atoms with Gasteiger partial charge < -0.3 is 0 Å². The Bertz CT molecular complexity index is 2500. The quantitative estimate of drug-likeness (QED) is 0.200. The van der Waals surface area contributed by atoms with E-state index in [1.165, 1.54) is 41.7 Å². The van der Waals surface area contributed by atoms with Crippen LogP contribution in [0.15, 0.2) is 140 Å². The summed E-state index contributed by atoms with van der Waals surface area (Å²) in [7, 11) is 0. The molecule has 0 radical (unpaired) electrons. The van der Waals surface area contributed by atoms with Gasteiger partial charge in [0.2, 0.25) is 0 Å². The SMILES string of the molecule is c1ccc(-c2ncc(-c3nc4c5sc6ccccc6c5c5ccccc5c4c4ccccc34)c(-c3ccccc3)n2)cc1. The van der Waals surface area contributed by atoms with Crippen LogP contribution >= 0.6 is 11.3 Å². The number of nitrogens with zero attached hydrogens (tertiary/aromatic N) is 3. The van der Waals surface area contributed by atoms with Gasteiger partial charge in [0.25, 0.3) is 0 Å². The zero-order valence-electron chi connectivity index (χ0n) is 23.0. The summed E-state index contributed by atoms with van der Waals surface area (Å²) in [5, 5.41) is 8.51. The summed E-state index contributed by atoms with van der Waals surface area (Å²) in [6.45, 7) is 0. The molecule has 6 aromatic carbocycles. The second-order valence-electron chi connectivity index (χ2n) is 10.8. The molecule has 9 rings (SSSR count). The molecule has 0 aliphatic heterocycles. The Morgan fingerprint density at radius 2 is 1.00 bits per heavy atom. The highest BCUT2D eigenvalue weighted by atomic mass is 32.1. The minimum atomic E-state index is 0.700. The van der Waals surface area contributed by atoms with E-state index < -0.39 is 0 Å². The summed E-state index contributed by atoms with van der Waals surface area (Å²) in [6, 6.07) is 46.6. The average molecular weight is 566 g/mol. The maximum absolute atomic E-state index is 5.57. The molecule has 9 aromatic rings. The minimum absolute atomic E-state index is 0.700. The van der Waals surface area contributed by atoms with Gasteiger partial charge in [-0.1, -0.05) is 127 Å². The molecule has 0 fully saturated rings. The molecule has 0 unspecified atom stereocenters. The van der Waals surface area contributed by atoms with Crippen LogP contribution in [0, 0.1) is 0 Å². The first-order chi connectivity index (χ1) is 21.3. The van der Waals surface area contributed by atoms with Gasteiger partial charge in [0.05, 0.1) is 21.6 Å². The predicted octanol–water partition coefficient (Wildman–Crippen LogP) is 10.7. The van der Waals surface area contributed by atoms with Gasteiger partial charge in [0.1, 0.15) is 0 Å². The number of pyridine rings is 1. The molecule has 0 spiro atoms. The standard InChI is InChI=1S/C39H23N3S/c1-3-13-24(14-4-1)35-31(23-40-39(42-35)25-15-5-2-6-16-25)36-29-20-10-9-19-28(29)33-26-17-7-8-18-27(26)34-30-21-11-12-22-32(30)43-38(34)37(33)41-36/h1-23H. The molecule has 3 aromatic heterocycles. The van der Waals surface area contributed by atoms with Gasteiger partial charge in [-0.15, -0.1) is 11.3 Å². The van der Waals surface area contributed by atoms with Gasteiger partial charge >= 0.3 is 0 Å². The van der Waals surface area contributed by atoms with Gasteiger partial charge in [-0.05, 0) is 22.2 Å². The summed E-state index contributed by atoms with van der Waals surface area (Å²) >= 11 is 1.83. The van der Waals surface area contributed by atoms with Crippen LogP contribution in [0.5, 0.6) is 0 Å². The molecule has 0 saturated carbocycles. The molecule has 0 amide bonds. The molecule has 0 aliphatic rings. The fraction of sp³-hybridized carbons (Fsp3) is 0. The van der Waals surface area contributed by atoms with Crippen LogP contribution in [-0.2, 0) is 0 Å². The van der Waals surface area contributed by atoms with Gasteiger partial charge in [0.15, 0.2) is 5.82 Å². The Morgan fingerprint density at radius 1 is 0.442 bits per heavy atom. The second-order valence-corrected chi connectivity index (χ2v) is 11.8. The molecule has 3 heterocycles. The fourth-order valence-corrected chi connectivity index (χ4v) is 7.61. The second kappa shape index (κ2) is 9.55. The van der Waals surface area contributed by atoms with Crippen molar-refractivity contribution in [2.45, 2.75) is 0 Å². The summed E-state index contributed by atoms with van der Waals surface area (Å²) in [5.74, 6) is 0.700. The largest absolute Gasteiger partial charge is 0.245 e. The van der Waals surface area contributed by atoms with E-state index in [-0.39, 0.29) is 0 Å². The van der Waals surface area contributed by atoms with Crippen molar-refractivity contribution >= 4 is 64.0 Å². The van der Waals surface area contributed by atoms with Crippen LogP contribution in [0.2, 0.25) is 0 Å². The molecular weight excluding hydrogens is 543 g/mol. The average Bonchev–Trinajstić information content (AvgIpc) is 3.49. The highest BCUT2D eigenvalue weighted by molar-refractivity contribution is 7.27. The van der Waals surface area contributed by atoms with Crippen LogP contribution in [0.1, 0.15) is 0 Å². The topological polar surface area (TPSA) is 38.7 Å². The van der Waals surface area contributed by atoms with Crippen LogP contribution < -0.4 is 0 Å². The molecule has 43 heavy (non-hydrogen) atoms. The number of thiophene rings is 1. The van der Waals surface area contributed by atoms with E-state index in [0.29, 0.717) is 5.82 Å². The van der Waals surface area contributed by atoms with Crippen molar-refractivity contribution < 1.29 is 0 Å². The van der Waals surface area contributed by atoms with E-state index in [0.717, 1.165) is 39.0 Å². The van der Waals surface area contributed by atoms with E-state index in [9.17, 15) is 0 Å². The number of aromatic nitrogens is 3. The van der Waals surface area contributed by atoms with Crippen molar-refractivity contribution in [3.05, 3.63) is 140 Å². The number of benzene rings is 6. The molecule has 0 atom stereocenters. The first-order valence-electron chi connectivity index (χ1n) is 14.4. The van der Waals surface area contributed by atoms with Crippen molar-refractivity contribution in [3.63, 3.8) is 0 Å². The van der Waals surface area contributed by atoms with Gasteiger partial charge in [0, 0.05) is 49.1 Å². The summed E-state index contributed by atoms with van der Waals surface area (Å²) in [5.41, 5.74) is 5.74. The van der Waals surface area contributed by atoms with Crippen molar-refractivity contribution in [1.82, 2.24) is 15.0 Å². The third kappa shape index (κ3) is 3.70. The fourth-order valence-electron chi connectivity index (χ4n) is 6.40. The van der Waals surface area contributed by atoms with Crippen molar-refractivity contribution in [2.24, 2.45) is 0 Å². The van der Waals surface area contributed by atoms with Crippen LogP contribution in [0.4, 0.5) is 0 Å². The Morgan fingerprint density at radius 3 is 1.72 bits per heavy atom. The maximum atomic E-state index is 5.57. The summed E-state index contributed by atoms with van der Waals surface area (Å²) in [6.07, 6.45) is 1.96. The van der Waals surface area contributed by atoms with Crippen LogP contribution in [0.25, 0.3) is 86.5 Å². The zero-order chi connectivity index (χ0) is 28.3. The van der Waals surface area contributed by atoms with E-state index in [4.69, 9.17) is 15.0 Å². The highest BCUT2D eigenvalue weighted by Crippen LogP contribution is 2.47. The van der Waals surface area contributed by atoms with Crippen LogP contribution in [-0.4, -0.2) is 15.0 Å². The molecule has 0 N–H and O–H groups in total. The maximum Gasteiger partial charge on any atom is 0.159 e. The van der Waals surface area contributed by atoms with E-state index in [1.807, 2.05) is 41.8 Å². The lowest BCUT2D eigenvalue weighted by Gasteiger charge is -2.16. The Balaban J connectivity index is 1.45. The smallest absolute Gasteiger partial charge is 0.159 e. The number of fused-ring (bicyclic) bond motifs is 10. The van der Waals surface area contributed by atoms with Gasteiger partial charge in [-0.3, -0.25) is 0 Å². The molecular formula is C39H23N3S. The predicted molar refractivity (Wildman–Crippen MR) is 182 cm³/mol. The third-order valence-electron chi connectivity index (χ3n) is 8.31. The van der Waals surface area contributed by atoms with Crippen molar-refractivity contribution in [3.8, 4) is 33.9 Å². The third-order valence-corrected chi connectivity index (χ3v) is 9.49. The van der Waals surface area contributed by atoms with Crippen molar-refractivity contribution in [1.29, 1.82) is 0 Å². The zero-order valence-corrected chi connectivity index (χ0v) is 23.8.